The van der Waals surface area contributed by atoms with E-state index in [0.29, 0.717) is 0 Å². The van der Waals surface area contributed by atoms with Crippen molar-refractivity contribution in [1.82, 2.24) is 25.5 Å². The van der Waals surface area contributed by atoms with Crippen LogP contribution in [0.4, 0.5) is 0 Å². The minimum absolute atomic E-state index is 0.0128. The molecule has 1 aromatic heterocycles. The number of aromatic amines is 1. The molecule has 0 saturated carbocycles. The molecule has 2 rings (SSSR count). The van der Waals surface area contributed by atoms with Crippen LogP contribution in [0.15, 0.2) is 0 Å². The van der Waals surface area contributed by atoms with Crippen molar-refractivity contribution in [3.8, 4) is 0 Å². The van der Waals surface area contributed by atoms with Gasteiger partial charge in [-0.2, -0.15) is 5.21 Å². The Balaban J connectivity index is 2.20. The Labute approximate surface area is 89.1 Å². The molecule has 86 valence electrons. The van der Waals surface area contributed by atoms with Crippen LogP contribution in [0.25, 0.3) is 0 Å². The molecule has 2 heterocycles. The van der Waals surface area contributed by atoms with Gasteiger partial charge in [0.25, 0.3) is 11.7 Å². The minimum Gasteiger partial charge on any atom is -0.480 e. The van der Waals surface area contributed by atoms with Crippen LogP contribution < -0.4 is 0 Å². The van der Waals surface area contributed by atoms with Gasteiger partial charge in [-0.25, -0.2) is 4.79 Å². The van der Waals surface area contributed by atoms with Gasteiger partial charge in [0.2, 0.25) is 0 Å². The lowest BCUT2D eigenvalue weighted by Gasteiger charge is -2.18. The molecule has 0 aromatic carbocycles. The number of rotatable bonds is 2. The number of nitrogens with zero attached hydrogens (tertiary/aromatic N) is 4. The van der Waals surface area contributed by atoms with Crippen LogP contribution in [0.1, 0.15) is 17.0 Å². The normalized spacial score (nSPS) is 24.7. The number of likely N-dealkylation sites (tertiary alicyclic amines) is 1. The van der Waals surface area contributed by atoms with Crippen LogP contribution in [0.2, 0.25) is 0 Å². The minimum atomic E-state index is -1.16. The molecule has 1 fully saturated rings. The van der Waals surface area contributed by atoms with E-state index in [1.165, 1.54) is 0 Å². The molecule has 0 bridgehead atoms. The molecule has 9 heteroatoms. The van der Waals surface area contributed by atoms with Gasteiger partial charge in [-0.1, -0.05) is 0 Å². The third-order valence-corrected chi connectivity index (χ3v) is 2.36. The average Bonchev–Trinajstić information content (AvgIpc) is 2.84. The number of aliphatic hydroxyl groups is 1. The summed E-state index contributed by atoms with van der Waals surface area (Å²) in [6, 6.07) is -1.04. The van der Waals surface area contributed by atoms with Crippen molar-refractivity contribution >= 4 is 11.9 Å². The number of H-pyrrole nitrogens is 1. The smallest absolute Gasteiger partial charge is 0.326 e. The number of carbonyl (C=O) groups excluding carboxylic acids is 1. The van der Waals surface area contributed by atoms with E-state index < -0.39 is 24.0 Å². The van der Waals surface area contributed by atoms with E-state index in [1.807, 2.05) is 0 Å². The fourth-order valence-corrected chi connectivity index (χ4v) is 1.65. The maximum atomic E-state index is 11.7. The highest BCUT2D eigenvalue weighted by atomic mass is 16.4. The monoisotopic (exact) mass is 227 g/mol. The first-order valence-electron chi connectivity index (χ1n) is 4.55. The number of carboxylic acids is 1. The molecular weight excluding hydrogens is 218 g/mol. The number of β-amino-alcohol motifs (C(OH)–C–C–N with tert-alkyl or cyclic N) is 1. The summed E-state index contributed by atoms with van der Waals surface area (Å²) in [6.45, 7) is -0.0374. The molecule has 0 spiro atoms. The lowest BCUT2D eigenvalue weighted by Crippen LogP contribution is -2.41. The first-order valence-corrected chi connectivity index (χ1v) is 4.55. The van der Waals surface area contributed by atoms with Crippen molar-refractivity contribution in [2.24, 2.45) is 0 Å². The van der Waals surface area contributed by atoms with E-state index in [2.05, 4.69) is 20.6 Å². The topological polar surface area (TPSA) is 132 Å². The van der Waals surface area contributed by atoms with Gasteiger partial charge in [0.05, 0.1) is 6.10 Å². The Morgan fingerprint density at radius 3 is 2.81 bits per heavy atom. The number of tetrazole rings is 1. The van der Waals surface area contributed by atoms with Crippen molar-refractivity contribution in [3.05, 3.63) is 5.82 Å². The summed E-state index contributed by atoms with van der Waals surface area (Å²) in [5.41, 5.74) is 0. The quantitative estimate of drug-likeness (QED) is 0.525. The van der Waals surface area contributed by atoms with Crippen LogP contribution in [0.5, 0.6) is 0 Å². The number of aliphatic hydroxyl groups excluding tert-OH is 1. The van der Waals surface area contributed by atoms with Crippen LogP contribution >= 0.6 is 0 Å². The van der Waals surface area contributed by atoms with Gasteiger partial charge >= 0.3 is 5.97 Å². The molecule has 0 aliphatic carbocycles. The third-order valence-electron chi connectivity index (χ3n) is 2.36. The molecule has 1 saturated heterocycles. The van der Waals surface area contributed by atoms with Gasteiger partial charge in [0.1, 0.15) is 6.04 Å². The second-order valence-corrected chi connectivity index (χ2v) is 3.44. The lowest BCUT2D eigenvalue weighted by atomic mass is 10.2. The average molecular weight is 227 g/mol. The molecule has 0 unspecified atom stereocenters. The molecular formula is C7H9N5O4. The Hall–Kier alpha value is -2.03. The van der Waals surface area contributed by atoms with Crippen LogP contribution in [-0.2, 0) is 4.79 Å². The number of carboxylic acid groups (broad SMARTS) is 1. The van der Waals surface area contributed by atoms with E-state index in [-0.39, 0.29) is 18.8 Å². The van der Waals surface area contributed by atoms with Gasteiger partial charge in [-0.15, -0.1) is 10.2 Å². The predicted molar refractivity (Wildman–Crippen MR) is 47.3 cm³/mol. The van der Waals surface area contributed by atoms with E-state index in [0.717, 1.165) is 4.90 Å². The predicted octanol–water partition coefficient (Wildman–Crippen LogP) is -2.14. The molecule has 16 heavy (non-hydrogen) atoms. The molecule has 1 aliphatic rings. The van der Waals surface area contributed by atoms with E-state index >= 15 is 0 Å². The first kappa shape index (κ1) is 10.5. The van der Waals surface area contributed by atoms with Crippen LogP contribution in [0.3, 0.4) is 0 Å². The molecule has 1 aromatic rings. The SMILES string of the molecule is O=C(O)[C@H]1C[C@@H](O)CN1C(=O)c1nn[nH]n1. The van der Waals surface area contributed by atoms with E-state index in [4.69, 9.17) is 5.11 Å². The van der Waals surface area contributed by atoms with Gasteiger partial charge in [-0.05, 0) is 5.21 Å². The molecule has 1 amide bonds. The van der Waals surface area contributed by atoms with Gasteiger partial charge in [0.15, 0.2) is 0 Å². The van der Waals surface area contributed by atoms with Crippen LogP contribution in [-0.4, -0.2) is 66.3 Å². The van der Waals surface area contributed by atoms with E-state index in [1.54, 1.807) is 0 Å². The third kappa shape index (κ3) is 1.72. The summed E-state index contributed by atoms with van der Waals surface area (Å²) in [4.78, 5) is 23.6. The number of carbonyl (C=O) groups is 2. The van der Waals surface area contributed by atoms with Gasteiger partial charge in [-0.3, -0.25) is 4.79 Å². The highest BCUT2D eigenvalue weighted by Gasteiger charge is 2.40. The molecule has 1 aliphatic heterocycles. The zero-order chi connectivity index (χ0) is 11.7. The molecule has 2 atom stereocenters. The number of hydrogen-bond donors (Lipinski definition) is 3. The van der Waals surface area contributed by atoms with Crippen LogP contribution in [0, 0.1) is 0 Å². The Bertz CT molecular complexity index is 405. The molecule has 0 radical (unpaired) electrons. The molecule has 3 N–H and O–H groups in total. The maximum Gasteiger partial charge on any atom is 0.326 e. The second kappa shape index (κ2) is 3.85. The zero-order valence-corrected chi connectivity index (χ0v) is 8.07. The number of nitrogens with one attached hydrogen (secondary N) is 1. The lowest BCUT2D eigenvalue weighted by molar-refractivity contribution is -0.141. The Morgan fingerprint density at radius 1 is 1.50 bits per heavy atom. The Kier molecular flexibility index (Phi) is 2.52. The van der Waals surface area contributed by atoms with Crippen molar-refractivity contribution in [2.75, 3.05) is 6.54 Å². The molecule has 9 nitrogen and oxygen atoms in total. The summed E-state index contributed by atoms with van der Waals surface area (Å²) in [5, 5.41) is 30.5. The zero-order valence-electron chi connectivity index (χ0n) is 8.07. The fourth-order valence-electron chi connectivity index (χ4n) is 1.65. The highest BCUT2D eigenvalue weighted by Crippen LogP contribution is 2.19. The number of amides is 1. The summed E-state index contributed by atoms with van der Waals surface area (Å²) in [5.74, 6) is -2.02. The summed E-state index contributed by atoms with van der Waals surface area (Å²) in [6.07, 6.45) is -0.823. The van der Waals surface area contributed by atoms with Crippen molar-refractivity contribution in [3.63, 3.8) is 0 Å². The second-order valence-electron chi connectivity index (χ2n) is 3.44. The summed E-state index contributed by atoms with van der Waals surface area (Å²) < 4.78 is 0. The van der Waals surface area contributed by atoms with Crippen molar-refractivity contribution in [1.29, 1.82) is 0 Å². The highest BCUT2D eigenvalue weighted by molar-refractivity contribution is 5.93. The number of aliphatic carboxylic acids is 1. The van der Waals surface area contributed by atoms with Crippen molar-refractivity contribution < 1.29 is 19.8 Å². The van der Waals surface area contributed by atoms with Gasteiger partial charge in [0, 0.05) is 13.0 Å². The Morgan fingerprint density at radius 2 is 2.25 bits per heavy atom. The first-order chi connectivity index (χ1) is 7.59. The fraction of sp³-hybridized carbons (Fsp3) is 0.571. The van der Waals surface area contributed by atoms with Gasteiger partial charge < -0.3 is 15.1 Å². The largest absolute Gasteiger partial charge is 0.480 e. The maximum absolute atomic E-state index is 11.7. The number of hydrogen-bond acceptors (Lipinski definition) is 6. The van der Waals surface area contributed by atoms with E-state index in [9.17, 15) is 14.7 Å². The summed E-state index contributed by atoms with van der Waals surface area (Å²) >= 11 is 0. The standard InChI is InChI=1S/C7H9N5O4/c13-3-1-4(7(15)16)12(2-3)6(14)5-8-10-11-9-5/h3-4,13H,1-2H2,(H,15,16)(H,8,9,10,11)/t3-,4-/m1/s1. The van der Waals surface area contributed by atoms with Crippen molar-refractivity contribution in [2.45, 2.75) is 18.6 Å². The summed E-state index contributed by atoms with van der Waals surface area (Å²) in [7, 11) is 0. The number of aromatic nitrogens is 4.